The molecular formula is C11H16Cl2N2O. The third-order valence-electron chi connectivity index (χ3n) is 2.55. The summed E-state index contributed by atoms with van der Waals surface area (Å²) >= 11 is 5.94. The first-order valence-electron chi connectivity index (χ1n) is 5.28. The number of hydrogen-bond donors (Lipinski definition) is 1. The van der Waals surface area contributed by atoms with E-state index in [1.807, 2.05) is 12.1 Å². The minimum absolute atomic E-state index is 0. The van der Waals surface area contributed by atoms with E-state index >= 15 is 0 Å². The predicted octanol–water partition coefficient (Wildman–Crippen LogP) is 2.43. The van der Waals surface area contributed by atoms with Gasteiger partial charge in [-0.3, -0.25) is 0 Å². The summed E-state index contributed by atoms with van der Waals surface area (Å²) in [6, 6.07) is 3.88. The van der Waals surface area contributed by atoms with Crippen LogP contribution in [0.4, 0.5) is 0 Å². The van der Waals surface area contributed by atoms with E-state index in [0.717, 1.165) is 31.7 Å². The highest BCUT2D eigenvalue weighted by molar-refractivity contribution is 6.30. The van der Waals surface area contributed by atoms with Crippen LogP contribution in [0.25, 0.3) is 0 Å². The molecule has 0 amide bonds. The Bertz CT molecular complexity index is 317. The van der Waals surface area contributed by atoms with Crippen molar-refractivity contribution in [2.75, 3.05) is 13.2 Å². The number of nitrogens with one attached hydrogen (secondary N) is 1. The molecule has 0 radical (unpaired) electrons. The Morgan fingerprint density at radius 2 is 2.44 bits per heavy atom. The van der Waals surface area contributed by atoms with E-state index in [-0.39, 0.29) is 12.4 Å². The lowest BCUT2D eigenvalue weighted by atomic mass is 10.2. The molecule has 0 bridgehead atoms. The molecule has 0 aromatic carbocycles. The largest absolute Gasteiger partial charge is 0.377 e. The van der Waals surface area contributed by atoms with Crippen molar-refractivity contribution in [2.24, 2.45) is 0 Å². The average Bonchev–Trinajstić information content (AvgIpc) is 2.74. The van der Waals surface area contributed by atoms with Crippen LogP contribution in [-0.4, -0.2) is 24.2 Å². The zero-order valence-electron chi connectivity index (χ0n) is 8.99. The molecule has 1 aliphatic rings. The fourth-order valence-corrected chi connectivity index (χ4v) is 1.91. The fraction of sp³-hybridized carbons (Fsp3) is 0.545. The van der Waals surface area contributed by atoms with Crippen LogP contribution in [0.2, 0.25) is 5.15 Å². The van der Waals surface area contributed by atoms with Crippen molar-refractivity contribution < 1.29 is 4.74 Å². The molecule has 0 saturated carbocycles. The van der Waals surface area contributed by atoms with E-state index in [1.165, 1.54) is 6.42 Å². The number of pyridine rings is 1. The second kappa shape index (κ2) is 7.07. The zero-order chi connectivity index (χ0) is 10.5. The van der Waals surface area contributed by atoms with Crippen LogP contribution >= 0.6 is 24.0 Å². The number of ether oxygens (including phenoxy) is 1. The Balaban J connectivity index is 0.00000128. The van der Waals surface area contributed by atoms with Gasteiger partial charge in [-0.2, -0.15) is 0 Å². The molecule has 0 aliphatic carbocycles. The Morgan fingerprint density at radius 3 is 3.12 bits per heavy atom. The van der Waals surface area contributed by atoms with Gasteiger partial charge in [0.1, 0.15) is 5.15 Å². The SMILES string of the molecule is Cl.Clc1ncccc1CNCC1CCCO1. The van der Waals surface area contributed by atoms with Crippen LogP contribution in [-0.2, 0) is 11.3 Å². The summed E-state index contributed by atoms with van der Waals surface area (Å²) in [4.78, 5) is 4.02. The number of rotatable bonds is 4. The van der Waals surface area contributed by atoms with Gasteiger partial charge in [-0.25, -0.2) is 4.98 Å². The van der Waals surface area contributed by atoms with Crippen molar-refractivity contribution in [3.05, 3.63) is 29.0 Å². The maximum absolute atomic E-state index is 5.94. The first kappa shape index (κ1) is 13.7. The fourth-order valence-electron chi connectivity index (χ4n) is 1.72. The van der Waals surface area contributed by atoms with Gasteiger partial charge in [-0.05, 0) is 18.9 Å². The van der Waals surface area contributed by atoms with Gasteiger partial charge in [0, 0.05) is 31.5 Å². The molecule has 1 fully saturated rings. The van der Waals surface area contributed by atoms with Crippen LogP contribution in [0, 0.1) is 0 Å². The molecular weight excluding hydrogens is 247 g/mol. The summed E-state index contributed by atoms with van der Waals surface area (Å²) < 4.78 is 5.51. The molecule has 16 heavy (non-hydrogen) atoms. The summed E-state index contributed by atoms with van der Waals surface area (Å²) in [7, 11) is 0. The first-order chi connectivity index (χ1) is 7.36. The van der Waals surface area contributed by atoms with E-state index in [4.69, 9.17) is 16.3 Å². The molecule has 1 aliphatic heterocycles. The van der Waals surface area contributed by atoms with Crippen molar-refractivity contribution in [1.82, 2.24) is 10.3 Å². The van der Waals surface area contributed by atoms with Gasteiger partial charge in [-0.15, -0.1) is 12.4 Å². The third-order valence-corrected chi connectivity index (χ3v) is 2.89. The molecule has 3 nitrogen and oxygen atoms in total. The molecule has 1 saturated heterocycles. The van der Waals surface area contributed by atoms with E-state index in [0.29, 0.717) is 11.3 Å². The smallest absolute Gasteiger partial charge is 0.133 e. The van der Waals surface area contributed by atoms with E-state index < -0.39 is 0 Å². The maximum atomic E-state index is 5.94. The minimum Gasteiger partial charge on any atom is -0.377 e. The zero-order valence-corrected chi connectivity index (χ0v) is 10.6. The minimum atomic E-state index is 0. The van der Waals surface area contributed by atoms with Gasteiger partial charge in [0.05, 0.1) is 6.10 Å². The molecule has 0 spiro atoms. The third kappa shape index (κ3) is 3.91. The second-order valence-corrected chi connectivity index (χ2v) is 4.08. The Labute approximate surface area is 107 Å². The van der Waals surface area contributed by atoms with Crippen molar-refractivity contribution in [3.8, 4) is 0 Å². The standard InChI is InChI=1S/C11H15ClN2O.ClH/c12-11-9(3-1-5-14-11)7-13-8-10-4-2-6-15-10;/h1,3,5,10,13H,2,4,6-8H2;1H. The van der Waals surface area contributed by atoms with Crippen molar-refractivity contribution in [3.63, 3.8) is 0 Å². The van der Waals surface area contributed by atoms with Crippen LogP contribution < -0.4 is 5.32 Å². The van der Waals surface area contributed by atoms with Crippen LogP contribution in [0.15, 0.2) is 18.3 Å². The number of hydrogen-bond acceptors (Lipinski definition) is 3. The first-order valence-corrected chi connectivity index (χ1v) is 5.66. The number of halogens is 2. The maximum Gasteiger partial charge on any atom is 0.133 e. The Kier molecular flexibility index (Phi) is 6.06. The summed E-state index contributed by atoms with van der Waals surface area (Å²) in [6.07, 6.45) is 4.42. The van der Waals surface area contributed by atoms with Gasteiger partial charge in [0.25, 0.3) is 0 Å². The highest BCUT2D eigenvalue weighted by Gasteiger charge is 2.14. The average molecular weight is 263 g/mol. The van der Waals surface area contributed by atoms with Gasteiger partial charge in [0.15, 0.2) is 0 Å². The Hall–Kier alpha value is -0.350. The molecule has 2 rings (SSSR count). The summed E-state index contributed by atoms with van der Waals surface area (Å²) in [6.45, 7) is 2.55. The van der Waals surface area contributed by atoms with Crippen LogP contribution in [0.1, 0.15) is 18.4 Å². The molecule has 1 N–H and O–H groups in total. The number of aromatic nitrogens is 1. The highest BCUT2D eigenvalue weighted by Crippen LogP contribution is 2.13. The van der Waals surface area contributed by atoms with E-state index in [9.17, 15) is 0 Å². The molecule has 1 aromatic heterocycles. The van der Waals surface area contributed by atoms with Crippen molar-refractivity contribution >= 4 is 24.0 Å². The normalized spacial score (nSPS) is 19.4. The van der Waals surface area contributed by atoms with Crippen molar-refractivity contribution in [2.45, 2.75) is 25.5 Å². The number of nitrogens with zero attached hydrogens (tertiary/aromatic N) is 1. The van der Waals surface area contributed by atoms with Gasteiger partial charge in [0.2, 0.25) is 0 Å². The van der Waals surface area contributed by atoms with Gasteiger partial charge in [-0.1, -0.05) is 17.7 Å². The lowest BCUT2D eigenvalue weighted by Gasteiger charge is -2.10. The molecule has 90 valence electrons. The second-order valence-electron chi connectivity index (χ2n) is 3.72. The predicted molar refractivity (Wildman–Crippen MR) is 67.2 cm³/mol. The lowest BCUT2D eigenvalue weighted by Crippen LogP contribution is -2.25. The summed E-state index contributed by atoms with van der Waals surface area (Å²) in [5.41, 5.74) is 1.04. The van der Waals surface area contributed by atoms with E-state index in [1.54, 1.807) is 6.20 Å². The molecule has 2 heterocycles. The van der Waals surface area contributed by atoms with Crippen LogP contribution in [0.3, 0.4) is 0 Å². The topological polar surface area (TPSA) is 34.2 Å². The molecule has 1 unspecified atom stereocenters. The molecule has 5 heteroatoms. The van der Waals surface area contributed by atoms with Crippen molar-refractivity contribution in [1.29, 1.82) is 0 Å². The van der Waals surface area contributed by atoms with Gasteiger partial charge < -0.3 is 10.1 Å². The quantitative estimate of drug-likeness (QED) is 0.847. The van der Waals surface area contributed by atoms with Gasteiger partial charge >= 0.3 is 0 Å². The highest BCUT2D eigenvalue weighted by atomic mass is 35.5. The van der Waals surface area contributed by atoms with E-state index in [2.05, 4.69) is 10.3 Å². The summed E-state index contributed by atoms with van der Waals surface area (Å²) in [5, 5.41) is 3.92. The summed E-state index contributed by atoms with van der Waals surface area (Å²) in [5.74, 6) is 0. The lowest BCUT2D eigenvalue weighted by molar-refractivity contribution is 0.110. The Morgan fingerprint density at radius 1 is 1.56 bits per heavy atom. The molecule has 1 atom stereocenters. The molecule has 1 aromatic rings. The van der Waals surface area contributed by atoms with Crippen LogP contribution in [0.5, 0.6) is 0 Å². The monoisotopic (exact) mass is 262 g/mol.